The predicted molar refractivity (Wildman–Crippen MR) is 280 cm³/mol. The maximum absolute atomic E-state index is 12.8. The molecule has 65 heavy (non-hydrogen) atoms. The third-order valence-corrected chi connectivity index (χ3v) is 13.8. The lowest BCUT2D eigenvalue weighted by Gasteiger charge is -2.18. The van der Waals surface area contributed by atoms with Crippen LogP contribution in [0.15, 0.2) is 0 Å². The average Bonchev–Trinajstić information content (AvgIpc) is 3.29. The van der Waals surface area contributed by atoms with Gasteiger partial charge in [0, 0.05) is 19.3 Å². The first kappa shape index (κ1) is 63.4. The lowest BCUT2D eigenvalue weighted by molar-refractivity contribution is -0.167. The minimum absolute atomic E-state index is 0.0627. The fraction of sp³-hybridized carbons (Fsp3) is 0.949. The van der Waals surface area contributed by atoms with Crippen LogP contribution in [0, 0.1) is 11.8 Å². The molecule has 386 valence electrons. The molecule has 0 fully saturated rings. The van der Waals surface area contributed by atoms with Crippen LogP contribution < -0.4 is 0 Å². The first-order valence-corrected chi connectivity index (χ1v) is 29.3. The van der Waals surface area contributed by atoms with Gasteiger partial charge in [0.2, 0.25) is 0 Å². The molecule has 0 radical (unpaired) electrons. The molecule has 0 aromatic heterocycles. The van der Waals surface area contributed by atoms with E-state index in [4.69, 9.17) is 14.2 Å². The number of hydrogen-bond donors (Lipinski definition) is 0. The highest BCUT2D eigenvalue weighted by atomic mass is 16.6. The summed E-state index contributed by atoms with van der Waals surface area (Å²) >= 11 is 0. The van der Waals surface area contributed by atoms with Gasteiger partial charge in [0.25, 0.3) is 0 Å². The van der Waals surface area contributed by atoms with Gasteiger partial charge in [0.1, 0.15) is 13.2 Å². The van der Waals surface area contributed by atoms with Crippen molar-refractivity contribution in [3.63, 3.8) is 0 Å². The molecule has 2 atom stereocenters. The normalized spacial score (nSPS) is 12.5. The summed E-state index contributed by atoms with van der Waals surface area (Å²) < 4.78 is 16.9. The maximum atomic E-state index is 12.8. The summed E-state index contributed by atoms with van der Waals surface area (Å²) in [7, 11) is 0. The van der Waals surface area contributed by atoms with Gasteiger partial charge in [-0.15, -0.1) is 0 Å². The van der Waals surface area contributed by atoms with E-state index >= 15 is 0 Å². The van der Waals surface area contributed by atoms with Gasteiger partial charge in [0.05, 0.1) is 0 Å². The molecular weight excluding hydrogens is 805 g/mol. The molecule has 0 heterocycles. The number of ether oxygens (including phenoxy) is 3. The van der Waals surface area contributed by atoms with Crippen LogP contribution in [0.4, 0.5) is 0 Å². The van der Waals surface area contributed by atoms with Crippen LogP contribution in [-0.2, 0) is 28.6 Å². The van der Waals surface area contributed by atoms with Gasteiger partial charge < -0.3 is 14.2 Å². The van der Waals surface area contributed by atoms with Crippen molar-refractivity contribution in [2.24, 2.45) is 11.8 Å². The van der Waals surface area contributed by atoms with Crippen molar-refractivity contribution >= 4 is 17.9 Å². The molecule has 6 heteroatoms. The van der Waals surface area contributed by atoms with E-state index in [0.717, 1.165) is 69.6 Å². The number of carbonyl (C=O) groups excluding carboxylic acids is 3. The number of rotatable bonds is 53. The Morgan fingerprint density at radius 2 is 0.585 bits per heavy atom. The van der Waals surface area contributed by atoms with Crippen molar-refractivity contribution in [1.29, 1.82) is 0 Å². The SMILES string of the molecule is CCCCCCCCCCCC(=O)OC[C@@H](COC(=O)CCCCCCCCCCCCCCCCCCCCC(C)CC)OC(=O)CCCCCCCCCCCCCCCC(C)C. The smallest absolute Gasteiger partial charge is 0.306 e. The Morgan fingerprint density at radius 3 is 0.877 bits per heavy atom. The molecule has 0 aliphatic heterocycles. The van der Waals surface area contributed by atoms with E-state index in [0.29, 0.717) is 19.3 Å². The zero-order valence-corrected chi connectivity index (χ0v) is 44.6. The summed E-state index contributed by atoms with van der Waals surface area (Å²) in [6, 6.07) is 0. The highest BCUT2D eigenvalue weighted by Crippen LogP contribution is 2.19. The summed E-state index contributed by atoms with van der Waals surface area (Å²) in [6.07, 6.45) is 55.3. The van der Waals surface area contributed by atoms with Crippen molar-refractivity contribution in [1.82, 2.24) is 0 Å². The largest absolute Gasteiger partial charge is 0.462 e. The monoisotopic (exact) mass is 919 g/mol. The van der Waals surface area contributed by atoms with Gasteiger partial charge in [-0.1, -0.05) is 291 Å². The molecule has 0 aliphatic rings. The molecular formula is C59H114O6. The Balaban J connectivity index is 4.17. The van der Waals surface area contributed by atoms with Gasteiger partial charge in [-0.3, -0.25) is 14.4 Å². The molecule has 0 amide bonds. The van der Waals surface area contributed by atoms with E-state index in [1.807, 2.05) is 0 Å². The second-order valence-corrected chi connectivity index (χ2v) is 21.0. The summed E-state index contributed by atoms with van der Waals surface area (Å²) in [5, 5.41) is 0. The van der Waals surface area contributed by atoms with Crippen LogP contribution in [-0.4, -0.2) is 37.2 Å². The summed E-state index contributed by atoms with van der Waals surface area (Å²) in [4.78, 5) is 38.0. The third-order valence-electron chi connectivity index (χ3n) is 13.8. The zero-order valence-electron chi connectivity index (χ0n) is 44.6. The third kappa shape index (κ3) is 51.6. The van der Waals surface area contributed by atoms with E-state index < -0.39 is 6.10 Å². The topological polar surface area (TPSA) is 78.9 Å². The maximum Gasteiger partial charge on any atom is 0.306 e. The Kier molecular flexibility index (Phi) is 50.5. The second-order valence-electron chi connectivity index (χ2n) is 21.0. The van der Waals surface area contributed by atoms with Crippen LogP contribution >= 0.6 is 0 Å². The lowest BCUT2D eigenvalue weighted by Crippen LogP contribution is -2.30. The number of unbranched alkanes of at least 4 members (excludes halogenated alkanes) is 37. The Morgan fingerprint density at radius 1 is 0.323 bits per heavy atom. The van der Waals surface area contributed by atoms with Crippen LogP contribution in [0.25, 0.3) is 0 Å². The molecule has 0 aromatic rings. The fourth-order valence-corrected chi connectivity index (χ4v) is 9.02. The van der Waals surface area contributed by atoms with Crippen LogP contribution in [0.3, 0.4) is 0 Å². The Bertz CT molecular complexity index is 995. The molecule has 0 N–H and O–H groups in total. The van der Waals surface area contributed by atoms with E-state index in [9.17, 15) is 14.4 Å². The van der Waals surface area contributed by atoms with Gasteiger partial charge in [-0.2, -0.15) is 0 Å². The van der Waals surface area contributed by atoms with E-state index in [1.54, 1.807) is 0 Å². The summed E-state index contributed by atoms with van der Waals surface area (Å²) in [5.74, 6) is 0.906. The molecule has 0 spiro atoms. The lowest BCUT2D eigenvalue weighted by atomic mass is 9.99. The average molecular weight is 920 g/mol. The molecule has 1 unspecified atom stereocenters. The van der Waals surface area contributed by atoms with Crippen LogP contribution in [0.2, 0.25) is 0 Å². The van der Waals surface area contributed by atoms with Gasteiger partial charge in [-0.05, 0) is 31.1 Å². The molecule has 0 saturated heterocycles. The van der Waals surface area contributed by atoms with Gasteiger partial charge in [-0.25, -0.2) is 0 Å². The molecule has 0 rings (SSSR count). The number of carbonyl (C=O) groups is 3. The standard InChI is InChI=1S/C59H114O6/c1-6-8-9-10-11-27-34-39-44-49-57(60)63-52-56(65-59(62)51-46-41-36-31-26-22-18-19-23-28-32-37-42-47-54(3)4)53-64-58(61)50-45-40-35-30-25-21-17-15-13-12-14-16-20-24-29-33-38-43-48-55(5)7-2/h54-56H,6-53H2,1-5H3/t55?,56-/m0/s1. The van der Waals surface area contributed by atoms with E-state index in [1.165, 1.54) is 218 Å². The fourth-order valence-electron chi connectivity index (χ4n) is 9.02. The Hall–Kier alpha value is -1.59. The first-order valence-electron chi connectivity index (χ1n) is 29.3. The Labute approximate surface area is 406 Å². The molecule has 0 saturated carbocycles. The zero-order chi connectivity index (χ0) is 47.5. The predicted octanol–water partition coefficient (Wildman–Crippen LogP) is 19.3. The molecule has 0 aromatic carbocycles. The number of hydrogen-bond acceptors (Lipinski definition) is 6. The highest BCUT2D eigenvalue weighted by Gasteiger charge is 2.19. The van der Waals surface area contributed by atoms with Gasteiger partial charge in [0.15, 0.2) is 6.10 Å². The summed E-state index contributed by atoms with van der Waals surface area (Å²) in [5.41, 5.74) is 0. The van der Waals surface area contributed by atoms with Crippen molar-refractivity contribution in [3.05, 3.63) is 0 Å². The van der Waals surface area contributed by atoms with Crippen LogP contribution in [0.5, 0.6) is 0 Å². The van der Waals surface area contributed by atoms with Crippen molar-refractivity contribution in [2.75, 3.05) is 13.2 Å². The molecule has 0 bridgehead atoms. The summed E-state index contributed by atoms with van der Waals surface area (Å²) in [6.45, 7) is 11.4. The first-order chi connectivity index (χ1) is 31.8. The molecule has 6 nitrogen and oxygen atoms in total. The second kappa shape index (κ2) is 51.8. The van der Waals surface area contributed by atoms with Crippen molar-refractivity contribution < 1.29 is 28.6 Å². The molecule has 0 aliphatic carbocycles. The minimum Gasteiger partial charge on any atom is -0.462 e. The number of esters is 3. The highest BCUT2D eigenvalue weighted by molar-refractivity contribution is 5.71. The minimum atomic E-state index is -0.762. The van der Waals surface area contributed by atoms with Gasteiger partial charge >= 0.3 is 17.9 Å². The quantitative estimate of drug-likeness (QED) is 0.0344. The van der Waals surface area contributed by atoms with Crippen molar-refractivity contribution in [3.8, 4) is 0 Å². The van der Waals surface area contributed by atoms with E-state index in [2.05, 4.69) is 34.6 Å². The van der Waals surface area contributed by atoms with E-state index in [-0.39, 0.29) is 31.1 Å². The van der Waals surface area contributed by atoms with Crippen molar-refractivity contribution in [2.45, 2.75) is 336 Å². The van der Waals surface area contributed by atoms with Crippen LogP contribution in [0.1, 0.15) is 330 Å².